The van der Waals surface area contributed by atoms with Crippen LogP contribution in [0.3, 0.4) is 0 Å². The van der Waals surface area contributed by atoms with Crippen molar-refractivity contribution < 1.29 is 19.0 Å². The molecule has 146 valence electrons. The smallest absolute Gasteiger partial charge is 0.347 e. The number of para-hydroxylation sites is 1. The van der Waals surface area contributed by atoms with E-state index in [2.05, 4.69) is 15.2 Å². The van der Waals surface area contributed by atoms with Crippen LogP contribution in [0.1, 0.15) is 22.6 Å². The van der Waals surface area contributed by atoms with Gasteiger partial charge in [0.05, 0.1) is 24.3 Å². The van der Waals surface area contributed by atoms with Crippen molar-refractivity contribution in [3.8, 4) is 0 Å². The predicted octanol–water partition coefficient (Wildman–Crippen LogP) is 1.16. The van der Waals surface area contributed by atoms with Crippen molar-refractivity contribution in [2.24, 2.45) is 0 Å². The summed E-state index contributed by atoms with van der Waals surface area (Å²) in [6, 6.07) is 6.99. The van der Waals surface area contributed by atoms with Gasteiger partial charge in [-0.2, -0.15) is 9.69 Å². The summed E-state index contributed by atoms with van der Waals surface area (Å²) < 4.78 is 2.45. The zero-order valence-electron chi connectivity index (χ0n) is 15.8. The third kappa shape index (κ3) is 3.43. The molecule has 0 saturated carbocycles. The summed E-state index contributed by atoms with van der Waals surface area (Å²) in [6.07, 6.45) is 3.16. The SMILES string of the molecule is CN1C(=O)C(N2CCC(NC(=O)c3nc4ccccc4s3)CC2)C=[N+](C)C1=O. The first-order valence-electron chi connectivity index (χ1n) is 9.24. The lowest BCUT2D eigenvalue weighted by molar-refractivity contribution is -0.401. The maximum atomic E-state index is 12.6. The number of thiazole rings is 1. The lowest BCUT2D eigenvalue weighted by Gasteiger charge is -2.36. The first-order chi connectivity index (χ1) is 13.4. The van der Waals surface area contributed by atoms with Gasteiger partial charge in [-0.25, -0.2) is 14.4 Å². The molecule has 3 heterocycles. The lowest BCUT2D eigenvalue weighted by Crippen LogP contribution is -2.59. The minimum absolute atomic E-state index is 0.0477. The quantitative estimate of drug-likeness (QED) is 0.782. The fraction of sp³-hybridized carbons (Fsp3) is 0.421. The number of urea groups is 1. The van der Waals surface area contributed by atoms with Gasteiger partial charge in [0, 0.05) is 19.1 Å². The number of piperidine rings is 1. The van der Waals surface area contributed by atoms with Crippen LogP contribution in [-0.2, 0) is 4.79 Å². The van der Waals surface area contributed by atoms with Gasteiger partial charge < -0.3 is 5.32 Å². The number of carbonyl (C=O) groups is 3. The summed E-state index contributed by atoms with van der Waals surface area (Å²) in [5.74, 6) is -0.356. The van der Waals surface area contributed by atoms with E-state index < -0.39 is 6.04 Å². The number of likely N-dealkylation sites (tertiary alicyclic amines) is 1. The number of imide groups is 1. The zero-order valence-corrected chi connectivity index (χ0v) is 16.6. The number of benzene rings is 1. The maximum Gasteiger partial charge on any atom is 0.500 e. The highest BCUT2D eigenvalue weighted by Crippen LogP contribution is 2.22. The molecule has 2 aliphatic heterocycles. The molecule has 2 aliphatic rings. The number of fused-ring (bicyclic) bond motifs is 1. The third-order valence-electron chi connectivity index (χ3n) is 5.28. The molecule has 1 saturated heterocycles. The van der Waals surface area contributed by atoms with Gasteiger partial charge in [0.25, 0.3) is 5.91 Å². The van der Waals surface area contributed by atoms with Crippen LogP contribution in [0.5, 0.6) is 0 Å². The molecule has 8 nitrogen and oxygen atoms in total. The molecule has 28 heavy (non-hydrogen) atoms. The summed E-state index contributed by atoms with van der Waals surface area (Å²) in [7, 11) is 3.16. The second-order valence-electron chi connectivity index (χ2n) is 7.16. The Bertz CT molecular complexity index is 944. The topological polar surface area (TPSA) is 85.6 Å². The van der Waals surface area contributed by atoms with Crippen LogP contribution in [0.4, 0.5) is 4.79 Å². The molecule has 1 N–H and O–H groups in total. The van der Waals surface area contributed by atoms with Crippen molar-refractivity contribution in [1.82, 2.24) is 20.1 Å². The van der Waals surface area contributed by atoms with Crippen molar-refractivity contribution >= 4 is 45.6 Å². The standard InChI is InChI=1S/C19H21N5O3S/c1-22-11-14(18(26)23(2)19(22)27)24-9-7-12(8-10-24)20-16(25)17-21-13-5-3-4-6-15(13)28-17/h3-6,11-12,14H,7-10H2,1-2H3/p+1. The van der Waals surface area contributed by atoms with Crippen molar-refractivity contribution in [2.45, 2.75) is 24.9 Å². The number of hydrogen-bond donors (Lipinski definition) is 1. The molecule has 2 aromatic rings. The van der Waals surface area contributed by atoms with Gasteiger partial charge >= 0.3 is 11.9 Å². The molecule has 1 aromatic heterocycles. The maximum absolute atomic E-state index is 12.6. The second-order valence-corrected chi connectivity index (χ2v) is 8.19. The Labute approximate surface area is 166 Å². The molecule has 9 heteroatoms. The van der Waals surface area contributed by atoms with Gasteiger partial charge in [0.2, 0.25) is 0 Å². The van der Waals surface area contributed by atoms with Crippen LogP contribution < -0.4 is 5.32 Å². The van der Waals surface area contributed by atoms with Gasteiger partial charge in [-0.3, -0.25) is 9.69 Å². The predicted molar refractivity (Wildman–Crippen MR) is 106 cm³/mol. The Kier molecular flexibility index (Phi) is 4.94. The van der Waals surface area contributed by atoms with E-state index in [0.29, 0.717) is 18.1 Å². The van der Waals surface area contributed by atoms with Crippen molar-refractivity contribution in [3.63, 3.8) is 0 Å². The molecule has 0 radical (unpaired) electrons. The molecule has 1 atom stereocenters. The number of likely N-dealkylation sites (N-methyl/N-ethyl adjacent to an activating group) is 1. The molecule has 0 bridgehead atoms. The molecule has 4 rings (SSSR count). The number of amides is 4. The minimum Gasteiger partial charge on any atom is -0.347 e. The van der Waals surface area contributed by atoms with Crippen LogP contribution in [0.2, 0.25) is 0 Å². The molecule has 0 spiro atoms. The summed E-state index contributed by atoms with van der Waals surface area (Å²) >= 11 is 1.39. The van der Waals surface area contributed by atoms with Crippen molar-refractivity contribution in [3.05, 3.63) is 29.3 Å². The van der Waals surface area contributed by atoms with E-state index in [-0.39, 0.29) is 23.9 Å². The Morgan fingerprint density at radius 2 is 1.96 bits per heavy atom. The summed E-state index contributed by atoms with van der Waals surface area (Å²) in [5.41, 5.74) is 0.835. The number of aromatic nitrogens is 1. The number of hydrogen-bond acceptors (Lipinski definition) is 6. The van der Waals surface area contributed by atoms with E-state index in [9.17, 15) is 14.4 Å². The Morgan fingerprint density at radius 3 is 2.68 bits per heavy atom. The Balaban J connectivity index is 1.37. The molecule has 1 unspecified atom stereocenters. The summed E-state index contributed by atoms with van der Waals surface area (Å²) in [6.45, 7) is 1.35. The molecule has 0 aliphatic carbocycles. The molecular weight excluding hydrogens is 378 g/mol. The van der Waals surface area contributed by atoms with Gasteiger partial charge in [0.15, 0.2) is 11.0 Å². The number of nitrogens with one attached hydrogen (secondary N) is 1. The van der Waals surface area contributed by atoms with Crippen LogP contribution in [0.15, 0.2) is 24.3 Å². The van der Waals surface area contributed by atoms with Gasteiger partial charge in [-0.1, -0.05) is 12.1 Å². The fourth-order valence-corrected chi connectivity index (χ4v) is 4.53. The van der Waals surface area contributed by atoms with E-state index in [0.717, 1.165) is 28.0 Å². The van der Waals surface area contributed by atoms with E-state index in [1.165, 1.54) is 23.0 Å². The fourth-order valence-electron chi connectivity index (χ4n) is 3.66. The number of carbonyl (C=O) groups excluding carboxylic acids is 3. The van der Waals surface area contributed by atoms with Crippen LogP contribution >= 0.6 is 11.3 Å². The van der Waals surface area contributed by atoms with E-state index in [4.69, 9.17) is 0 Å². The molecular formula is C19H22N5O3S+. The van der Waals surface area contributed by atoms with Gasteiger partial charge in [0.1, 0.15) is 6.21 Å². The zero-order chi connectivity index (χ0) is 19.8. The van der Waals surface area contributed by atoms with Crippen LogP contribution in [0, 0.1) is 0 Å². The van der Waals surface area contributed by atoms with Crippen LogP contribution in [-0.4, -0.2) is 82.7 Å². The van der Waals surface area contributed by atoms with Crippen molar-refractivity contribution in [2.75, 3.05) is 27.2 Å². The highest BCUT2D eigenvalue weighted by atomic mass is 32.1. The first-order valence-corrected chi connectivity index (χ1v) is 10.1. The lowest BCUT2D eigenvalue weighted by atomic mass is 10.0. The highest BCUT2D eigenvalue weighted by Gasteiger charge is 2.42. The average molecular weight is 400 g/mol. The summed E-state index contributed by atoms with van der Waals surface area (Å²) in [4.78, 5) is 44.5. The third-order valence-corrected chi connectivity index (χ3v) is 6.32. The van der Waals surface area contributed by atoms with Crippen LogP contribution in [0.25, 0.3) is 10.2 Å². The first kappa shape index (κ1) is 18.7. The number of nitrogens with zero attached hydrogens (tertiary/aromatic N) is 4. The number of rotatable bonds is 3. The highest BCUT2D eigenvalue weighted by molar-refractivity contribution is 7.20. The second kappa shape index (κ2) is 7.40. The Hall–Kier alpha value is -2.65. The molecule has 4 amide bonds. The monoisotopic (exact) mass is 400 g/mol. The van der Waals surface area contributed by atoms with E-state index in [1.54, 1.807) is 13.3 Å². The van der Waals surface area contributed by atoms with Gasteiger partial charge in [-0.05, 0) is 25.0 Å². The van der Waals surface area contributed by atoms with Crippen molar-refractivity contribution in [1.29, 1.82) is 0 Å². The largest absolute Gasteiger partial charge is 0.500 e. The Morgan fingerprint density at radius 1 is 1.25 bits per heavy atom. The molecule has 1 aromatic carbocycles. The molecule has 1 fully saturated rings. The minimum atomic E-state index is -0.436. The normalized spacial score (nSPS) is 21.9. The average Bonchev–Trinajstić information content (AvgIpc) is 3.14. The van der Waals surface area contributed by atoms with E-state index in [1.807, 2.05) is 24.3 Å². The summed E-state index contributed by atoms with van der Waals surface area (Å²) in [5, 5.41) is 3.54. The van der Waals surface area contributed by atoms with Gasteiger partial charge in [-0.15, -0.1) is 11.3 Å². The van der Waals surface area contributed by atoms with E-state index >= 15 is 0 Å².